The van der Waals surface area contributed by atoms with Gasteiger partial charge in [-0.3, -0.25) is 15.0 Å². The van der Waals surface area contributed by atoms with Crippen molar-refractivity contribution >= 4 is 29.0 Å². The lowest BCUT2D eigenvalue weighted by Gasteiger charge is -2.11. The van der Waals surface area contributed by atoms with Gasteiger partial charge >= 0.3 is 0 Å². The van der Waals surface area contributed by atoms with Crippen LogP contribution in [0.25, 0.3) is 10.9 Å². The summed E-state index contributed by atoms with van der Waals surface area (Å²) in [6.07, 6.45) is 0.0502. The fraction of sp³-hybridized carbons (Fsp3) is 0.167. The Morgan fingerprint density at radius 1 is 1.16 bits per heavy atom. The van der Waals surface area contributed by atoms with Crippen LogP contribution in [0.4, 0.5) is 0 Å². The standard InChI is InChI=1S/C18H17N3O3S/c1-11(2)24-13-9-7-12(8-10-13)16(22)20-21-17(23)14-5-3-4-6-15(14)19-18(21)25/h3-11H,1-2H3,(H,19,25)(H,20,22). The van der Waals surface area contributed by atoms with E-state index in [9.17, 15) is 9.59 Å². The summed E-state index contributed by atoms with van der Waals surface area (Å²) in [7, 11) is 0. The first-order valence-electron chi connectivity index (χ1n) is 7.78. The molecule has 2 aromatic carbocycles. The number of nitrogens with one attached hydrogen (secondary N) is 2. The maximum atomic E-state index is 12.5. The lowest BCUT2D eigenvalue weighted by atomic mass is 10.2. The largest absolute Gasteiger partial charge is 0.491 e. The van der Waals surface area contributed by atoms with Gasteiger partial charge in [0.1, 0.15) is 5.75 Å². The number of benzene rings is 2. The number of nitrogens with zero attached hydrogens (tertiary/aromatic N) is 1. The quantitative estimate of drug-likeness (QED) is 0.705. The summed E-state index contributed by atoms with van der Waals surface area (Å²) >= 11 is 5.18. The topological polar surface area (TPSA) is 76.1 Å². The molecule has 3 aromatic rings. The van der Waals surface area contributed by atoms with E-state index in [0.29, 0.717) is 22.2 Å². The van der Waals surface area contributed by atoms with Crippen molar-refractivity contribution in [2.75, 3.05) is 5.43 Å². The molecule has 0 aliphatic heterocycles. The summed E-state index contributed by atoms with van der Waals surface area (Å²) in [6, 6.07) is 13.7. The van der Waals surface area contributed by atoms with Gasteiger partial charge in [-0.15, -0.1) is 0 Å². The third-order valence-corrected chi connectivity index (χ3v) is 3.79. The molecule has 0 saturated heterocycles. The predicted octanol–water partition coefficient (Wildman–Crippen LogP) is 3.23. The highest BCUT2D eigenvalue weighted by atomic mass is 32.1. The van der Waals surface area contributed by atoms with Crippen LogP contribution in [-0.2, 0) is 0 Å². The van der Waals surface area contributed by atoms with Gasteiger partial charge in [0.2, 0.25) is 0 Å². The van der Waals surface area contributed by atoms with Crippen molar-refractivity contribution in [3.63, 3.8) is 0 Å². The number of aromatic amines is 1. The van der Waals surface area contributed by atoms with Crippen molar-refractivity contribution in [1.29, 1.82) is 0 Å². The van der Waals surface area contributed by atoms with E-state index in [1.54, 1.807) is 48.5 Å². The Balaban J connectivity index is 1.89. The van der Waals surface area contributed by atoms with Gasteiger partial charge in [0.05, 0.1) is 17.0 Å². The van der Waals surface area contributed by atoms with Crippen LogP contribution in [0, 0.1) is 4.77 Å². The second kappa shape index (κ2) is 6.90. The van der Waals surface area contributed by atoms with Gasteiger partial charge in [0, 0.05) is 5.56 Å². The van der Waals surface area contributed by atoms with E-state index in [4.69, 9.17) is 17.0 Å². The zero-order valence-electron chi connectivity index (χ0n) is 13.8. The Bertz CT molecular complexity index is 1040. The first-order chi connectivity index (χ1) is 12.0. The molecule has 2 N–H and O–H groups in total. The van der Waals surface area contributed by atoms with Gasteiger partial charge in [-0.2, -0.15) is 4.68 Å². The van der Waals surface area contributed by atoms with E-state index in [1.165, 1.54) is 0 Å². The van der Waals surface area contributed by atoms with Crippen LogP contribution in [0.1, 0.15) is 24.2 Å². The Kier molecular flexibility index (Phi) is 4.67. The van der Waals surface area contributed by atoms with E-state index >= 15 is 0 Å². The molecule has 0 fully saturated rings. The lowest BCUT2D eigenvalue weighted by Crippen LogP contribution is -2.34. The molecular formula is C18H17N3O3S. The molecular weight excluding hydrogens is 338 g/mol. The highest BCUT2D eigenvalue weighted by Crippen LogP contribution is 2.14. The minimum absolute atomic E-state index is 0.0502. The minimum atomic E-state index is -0.437. The molecule has 1 amide bonds. The SMILES string of the molecule is CC(C)Oc1ccc(C(=O)Nn2c(=S)[nH]c3ccccc3c2=O)cc1. The van der Waals surface area contributed by atoms with Gasteiger partial charge in [-0.05, 0) is 62.5 Å². The summed E-state index contributed by atoms with van der Waals surface area (Å²) in [5.41, 5.74) is 3.17. The molecule has 0 radical (unpaired) electrons. The predicted molar refractivity (Wildman–Crippen MR) is 99.3 cm³/mol. The van der Waals surface area contributed by atoms with E-state index in [2.05, 4.69) is 10.4 Å². The summed E-state index contributed by atoms with van der Waals surface area (Å²) in [4.78, 5) is 27.9. The van der Waals surface area contributed by atoms with Crippen molar-refractivity contribution in [2.45, 2.75) is 20.0 Å². The monoisotopic (exact) mass is 355 g/mol. The minimum Gasteiger partial charge on any atom is -0.491 e. The zero-order valence-corrected chi connectivity index (χ0v) is 14.6. The van der Waals surface area contributed by atoms with Gasteiger partial charge < -0.3 is 9.72 Å². The number of hydrogen-bond acceptors (Lipinski definition) is 4. The molecule has 25 heavy (non-hydrogen) atoms. The zero-order chi connectivity index (χ0) is 18.0. The van der Waals surface area contributed by atoms with Crippen LogP contribution in [-0.4, -0.2) is 21.7 Å². The summed E-state index contributed by atoms with van der Waals surface area (Å²) in [5.74, 6) is 0.236. The third kappa shape index (κ3) is 3.61. The van der Waals surface area contributed by atoms with Gasteiger partial charge in [-0.25, -0.2) is 0 Å². The van der Waals surface area contributed by atoms with E-state index in [1.807, 2.05) is 13.8 Å². The van der Waals surface area contributed by atoms with Crippen molar-refractivity contribution in [1.82, 2.24) is 9.66 Å². The van der Waals surface area contributed by atoms with Crippen molar-refractivity contribution in [2.24, 2.45) is 0 Å². The van der Waals surface area contributed by atoms with Crippen molar-refractivity contribution in [3.8, 4) is 5.75 Å². The van der Waals surface area contributed by atoms with Crippen LogP contribution >= 0.6 is 12.2 Å². The number of H-pyrrole nitrogens is 1. The van der Waals surface area contributed by atoms with Crippen molar-refractivity contribution < 1.29 is 9.53 Å². The Labute approximate surface area is 149 Å². The number of fused-ring (bicyclic) bond motifs is 1. The van der Waals surface area contributed by atoms with E-state index in [0.717, 1.165) is 4.68 Å². The molecule has 0 saturated carbocycles. The number of aromatic nitrogens is 2. The van der Waals surface area contributed by atoms with Crippen LogP contribution in [0.15, 0.2) is 53.3 Å². The van der Waals surface area contributed by atoms with Crippen LogP contribution in [0.2, 0.25) is 0 Å². The first-order valence-corrected chi connectivity index (χ1v) is 8.18. The first kappa shape index (κ1) is 16.9. The number of para-hydroxylation sites is 1. The number of ether oxygens (including phenoxy) is 1. The molecule has 7 heteroatoms. The summed E-state index contributed by atoms with van der Waals surface area (Å²) < 4.78 is 6.71. The Morgan fingerprint density at radius 2 is 1.84 bits per heavy atom. The molecule has 0 unspecified atom stereocenters. The molecule has 3 rings (SSSR count). The normalized spacial score (nSPS) is 10.8. The third-order valence-electron chi connectivity index (χ3n) is 3.51. The van der Waals surface area contributed by atoms with E-state index < -0.39 is 5.91 Å². The number of carbonyl (C=O) groups is 1. The number of amides is 1. The highest BCUT2D eigenvalue weighted by Gasteiger charge is 2.11. The molecule has 1 heterocycles. The number of carbonyl (C=O) groups excluding carboxylic acids is 1. The van der Waals surface area contributed by atoms with E-state index in [-0.39, 0.29) is 16.4 Å². The van der Waals surface area contributed by atoms with Crippen LogP contribution < -0.4 is 15.7 Å². The number of hydrogen-bond donors (Lipinski definition) is 2. The maximum absolute atomic E-state index is 12.5. The van der Waals surface area contributed by atoms with Gasteiger partial charge in [0.15, 0.2) is 4.77 Å². The lowest BCUT2D eigenvalue weighted by molar-refractivity contribution is 0.101. The van der Waals surface area contributed by atoms with Crippen LogP contribution in [0.5, 0.6) is 5.75 Å². The van der Waals surface area contributed by atoms with Gasteiger partial charge in [0.25, 0.3) is 11.5 Å². The second-order valence-electron chi connectivity index (χ2n) is 5.75. The fourth-order valence-corrected chi connectivity index (χ4v) is 2.63. The number of rotatable bonds is 4. The molecule has 0 aliphatic rings. The Morgan fingerprint density at radius 3 is 2.52 bits per heavy atom. The maximum Gasteiger partial charge on any atom is 0.281 e. The Hall–Kier alpha value is -2.93. The molecule has 0 aliphatic carbocycles. The second-order valence-corrected chi connectivity index (χ2v) is 6.13. The summed E-state index contributed by atoms with van der Waals surface area (Å²) in [6.45, 7) is 3.85. The van der Waals surface area contributed by atoms with Crippen LogP contribution in [0.3, 0.4) is 0 Å². The smallest absolute Gasteiger partial charge is 0.281 e. The van der Waals surface area contributed by atoms with Gasteiger partial charge in [-0.1, -0.05) is 12.1 Å². The fourth-order valence-electron chi connectivity index (χ4n) is 2.39. The highest BCUT2D eigenvalue weighted by molar-refractivity contribution is 7.71. The average molecular weight is 355 g/mol. The average Bonchev–Trinajstić information content (AvgIpc) is 2.58. The van der Waals surface area contributed by atoms with Crippen molar-refractivity contribution in [3.05, 3.63) is 69.2 Å². The molecule has 128 valence electrons. The molecule has 0 atom stereocenters. The molecule has 0 spiro atoms. The summed E-state index contributed by atoms with van der Waals surface area (Å²) in [5, 5.41) is 0.442. The molecule has 0 bridgehead atoms. The molecule has 1 aromatic heterocycles. The molecule has 6 nitrogen and oxygen atoms in total.